The number of hydroxylamine groups is 2. The Labute approximate surface area is 194 Å². The fourth-order valence-electron chi connectivity index (χ4n) is 4.15. The van der Waals surface area contributed by atoms with Crippen LogP contribution < -0.4 is 15.4 Å². The number of hydrogen-bond donors (Lipinski definition) is 2. The summed E-state index contributed by atoms with van der Waals surface area (Å²) in [6.07, 6.45) is 2.87. The molecule has 0 bridgehead atoms. The number of aryl methyl sites for hydroxylation is 1. The molecule has 2 atom stereocenters. The molecule has 2 aromatic rings. The van der Waals surface area contributed by atoms with Gasteiger partial charge in [0.1, 0.15) is 5.75 Å². The van der Waals surface area contributed by atoms with E-state index in [9.17, 15) is 13.6 Å². The normalized spacial score (nSPS) is 22.8. The van der Waals surface area contributed by atoms with E-state index in [0.717, 1.165) is 22.4 Å². The van der Waals surface area contributed by atoms with Crippen molar-refractivity contribution >= 4 is 15.5 Å². The fourth-order valence-corrected chi connectivity index (χ4v) is 4.80. The highest BCUT2D eigenvalue weighted by atomic mass is 32.2. The molecule has 0 saturated carbocycles. The molecule has 0 fully saturated rings. The van der Waals surface area contributed by atoms with Gasteiger partial charge in [-0.2, -0.15) is 0 Å². The molecule has 8 nitrogen and oxygen atoms in total. The second-order valence-electron chi connectivity index (χ2n) is 8.17. The smallest absolute Gasteiger partial charge is 0.220 e. The van der Waals surface area contributed by atoms with Gasteiger partial charge >= 0.3 is 0 Å². The molecule has 2 aliphatic rings. The Morgan fingerprint density at radius 3 is 2.64 bits per heavy atom. The second-order valence-corrected chi connectivity index (χ2v) is 10.3. The lowest BCUT2D eigenvalue weighted by Crippen LogP contribution is -2.47. The zero-order chi connectivity index (χ0) is 23.6. The molecule has 2 aliphatic heterocycles. The van der Waals surface area contributed by atoms with E-state index in [0.29, 0.717) is 42.4 Å². The predicted octanol–water partition coefficient (Wildman–Crippen LogP) is 2.52. The summed E-state index contributed by atoms with van der Waals surface area (Å²) >= 11 is 0. The quantitative estimate of drug-likeness (QED) is 0.687. The molecule has 2 unspecified atom stereocenters. The Bertz CT molecular complexity index is 1190. The SMILES string of the molecule is COc1ccccc1CC1C2=C(NCNC2)OC(S(C)(=O)=O)/C=C(/c2ccccc2C)N1[O-]. The first-order valence-electron chi connectivity index (χ1n) is 10.7. The van der Waals surface area contributed by atoms with Crippen molar-refractivity contribution in [2.24, 2.45) is 0 Å². The Hall–Kier alpha value is -3.01. The minimum Gasteiger partial charge on any atom is -0.758 e. The van der Waals surface area contributed by atoms with Crippen molar-refractivity contribution in [3.63, 3.8) is 0 Å². The highest BCUT2D eigenvalue weighted by Gasteiger charge is 2.33. The lowest BCUT2D eigenvalue weighted by molar-refractivity contribution is 0.167. The van der Waals surface area contributed by atoms with Crippen molar-refractivity contribution in [3.05, 3.63) is 88.0 Å². The lowest BCUT2D eigenvalue weighted by Gasteiger charge is -2.46. The largest absolute Gasteiger partial charge is 0.758 e. The van der Waals surface area contributed by atoms with E-state index in [1.54, 1.807) is 7.11 Å². The molecule has 2 aromatic carbocycles. The van der Waals surface area contributed by atoms with Gasteiger partial charge < -0.3 is 25.1 Å². The van der Waals surface area contributed by atoms with Crippen LogP contribution in [0.15, 0.2) is 66.1 Å². The van der Waals surface area contributed by atoms with Crippen molar-refractivity contribution in [3.8, 4) is 5.75 Å². The number of nitrogens with one attached hydrogen (secondary N) is 2. The maximum atomic E-state index is 14.0. The van der Waals surface area contributed by atoms with Gasteiger partial charge in [0.15, 0.2) is 15.7 Å². The minimum absolute atomic E-state index is 0.264. The van der Waals surface area contributed by atoms with Gasteiger partial charge in [-0.05, 0) is 42.2 Å². The zero-order valence-corrected chi connectivity index (χ0v) is 19.7. The number of sulfone groups is 1. The van der Waals surface area contributed by atoms with Gasteiger partial charge in [-0.15, -0.1) is 0 Å². The van der Waals surface area contributed by atoms with Crippen molar-refractivity contribution in [1.82, 2.24) is 15.7 Å². The van der Waals surface area contributed by atoms with E-state index >= 15 is 0 Å². The molecule has 0 aliphatic carbocycles. The van der Waals surface area contributed by atoms with Crippen LogP contribution in [0, 0.1) is 12.1 Å². The van der Waals surface area contributed by atoms with Gasteiger partial charge in [0.25, 0.3) is 0 Å². The third-order valence-corrected chi connectivity index (χ3v) is 6.96. The average molecular weight is 471 g/mol. The summed E-state index contributed by atoms with van der Waals surface area (Å²) < 4.78 is 36.7. The van der Waals surface area contributed by atoms with Crippen molar-refractivity contribution in [2.75, 3.05) is 26.6 Å². The van der Waals surface area contributed by atoms with Crippen LogP contribution in [-0.4, -0.2) is 51.5 Å². The van der Waals surface area contributed by atoms with Gasteiger partial charge in [0.05, 0.1) is 19.8 Å². The van der Waals surface area contributed by atoms with Crippen LogP contribution in [0.2, 0.25) is 0 Å². The summed E-state index contributed by atoms with van der Waals surface area (Å²) in [5.74, 6) is 1.01. The Morgan fingerprint density at radius 2 is 1.91 bits per heavy atom. The van der Waals surface area contributed by atoms with Crippen molar-refractivity contribution in [1.29, 1.82) is 0 Å². The fraction of sp³-hybridized carbons (Fsp3) is 0.333. The van der Waals surface area contributed by atoms with Crippen LogP contribution in [-0.2, 0) is 21.0 Å². The third kappa shape index (κ3) is 4.85. The molecule has 33 heavy (non-hydrogen) atoms. The lowest BCUT2D eigenvalue weighted by atomic mass is 9.95. The van der Waals surface area contributed by atoms with Crippen LogP contribution >= 0.6 is 0 Å². The number of para-hydroxylation sites is 1. The molecule has 2 N–H and O–H groups in total. The minimum atomic E-state index is -3.66. The number of benzene rings is 2. The predicted molar refractivity (Wildman–Crippen MR) is 128 cm³/mol. The van der Waals surface area contributed by atoms with E-state index in [1.807, 2.05) is 55.5 Å². The van der Waals surface area contributed by atoms with E-state index < -0.39 is 21.3 Å². The first-order chi connectivity index (χ1) is 15.8. The second kappa shape index (κ2) is 9.46. The van der Waals surface area contributed by atoms with E-state index in [-0.39, 0.29) is 5.70 Å². The third-order valence-electron chi connectivity index (χ3n) is 5.88. The first kappa shape index (κ1) is 23.2. The number of methoxy groups -OCH3 is 1. The monoisotopic (exact) mass is 470 g/mol. The standard InChI is InChI=1S/C24H28N3O5S/c1-16-8-4-6-10-18(16)21-13-23(33(3,29)30)32-24-19(14-25-15-26-24)20(27(21)28)12-17-9-5-7-11-22(17)31-2/h4-11,13,20,23,25-26H,12,14-15H2,1-3H3/q-1/b21-13-. The van der Waals surface area contributed by atoms with Crippen LogP contribution in [0.5, 0.6) is 5.75 Å². The maximum absolute atomic E-state index is 14.0. The van der Waals surface area contributed by atoms with Crippen LogP contribution in [0.3, 0.4) is 0 Å². The summed E-state index contributed by atoms with van der Waals surface area (Å²) in [7, 11) is -2.06. The molecular formula is C24H28N3O5S-. The van der Waals surface area contributed by atoms with Gasteiger partial charge in [0.2, 0.25) is 5.44 Å². The molecule has 0 amide bonds. The maximum Gasteiger partial charge on any atom is 0.220 e. The van der Waals surface area contributed by atoms with E-state index in [4.69, 9.17) is 9.47 Å². The summed E-state index contributed by atoms with van der Waals surface area (Å²) in [5.41, 5.74) is 2.02. The Kier molecular flexibility index (Phi) is 6.64. The molecule has 9 heteroatoms. The van der Waals surface area contributed by atoms with Gasteiger partial charge in [-0.25, -0.2) is 8.42 Å². The summed E-state index contributed by atoms with van der Waals surface area (Å²) in [6, 6.07) is 14.3. The van der Waals surface area contributed by atoms with Gasteiger partial charge in [-0.1, -0.05) is 42.5 Å². The topological polar surface area (TPSA) is 103 Å². The molecule has 0 spiro atoms. The summed E-state index contributed by atoms with van der Waals surface area (Å²) in [6.45, 7) is 2.69. The summed E-state index contributed by atoms with van der Waals surface area (Å²) in [5, 5.41) is 21.2. The molecule has 0 radical (unpaired) electrons. The van der Waals surface area contributed by atoms with Crippen molar-refractivity contribution < 1.29 is 17.9 Å². The molecule has 4 rings (SSSR count). The molecule has 2 heterocycles. The summed E-state index contributed by atoms with van der Waals surface area (Å²) in [4.78, 5) is 0. The van der Waals surface area contributed by atoms with Crippen LogP contribution in [0.1, 0.15) is 16.7 Å². The van der Waals surface area contributed by atoms with E-state index in [1.165, 1.54) is 6.08 Å². The number of nitrogens with zero attached hydrogens (tertiary/aromatic N) is 1. The Balaban J connectivity index is 1.88. The zero-order valence-electron chi connectivity index (χ0n) is 18.9. The first-order valence-corrected chi connectivity index (χ1v) is 12.6. The van der Waals surface area contributed by atoms with Crippen molar-refractivity contribution in [2.45, 2.75) is 24.8 Å². The van der Waals surface area contributed by atoms with Crippen LogP contribution in [0.25, 0.3) is 5.70 Å². The highest BCUT2D eigenvalue weighted by Crippen LogP contribution is 2.34. The Morgan fingerprint density at radius 1 is 1.18 bits per heavy atom. The van der Waals surface area contributed by atoms with Crippen LogP contribution in [0.4, 0.5) is 0 Å². The molecular weight excluding hydrogens is 442 g/mol. The molecule has 0 saturated heterocycles. The average Bonchev–Trinajstić information content (AvgIpc) is 2.79. The molecule has 0 aromatic heterocycles. The number of hydrogen-bond acceptors (Lipinski definition) is 8. The van der Waals surface area contributed by atoms with E-state index in [2.05, 4.69) is 10.6 Å². The van der Waals surface area contributed by atoms with Gasteiger partial charge in [-0.3, -0.25) is 5.32 Å². The number of rotatable bonds is 5. The van der Waals surface area contributed by atoms with Gasteiger partial charge in [0, 0.05) is 24.1 Å². The molecule has 176 valence electrons. The number of ether oxygens (including phenoxy) is 2. The highest BCUT2D eigenvalue weighted by molar-refractivity contribution is 7.91.